The number of amides is 1. The van der Waals surface area contributed by atoms with E-state index >= 15 is 0 Å². The summed E-state index contributed by atoms with van der Waals surface area (Å²) >= 11 is 6.27. The standard InChI is InChI=1S/C20H21ClF3NO/c1-19(2,3)15-8-7-14(17(21)11-15)12-25-18(26)10-13-5-4-6-16(9-13)20(22,23)24/h4-9,11H,10,12H2,1-3H3,(H,25,26). The number of nitrogens with one attached hydrogen (secondary N) is 1. The monoisotopic (exact) mass is 383 g/mol. The lowest BCUT2D eigenvalue weighted by Crippen LogP contribution is -2.25. The van der Waals surface area contributed by atoms with Crippen LogP contribution in [0.4, 0.5) is 13.2 Å². The maximum atomic E-state index is 12.7. The minimum atomic E-state index is -4.42. The van der Waals surface area contributed by atoms with Crippen molar-refractivity contribution >= 4 is 17.5 Å². The van der Waals surface area contributed by atoms with Crippen LogP contribution in [0.25, 0.3) is 0 Å². The Morgan fingerprint density at radius 2 is 1.73 bits per heavy atom. The highest BCUT2D eigenvalue weighted by atomic mass is 35.5. The van der Waals surface area contributed by atoms with Gasteiger partial charge in [0.05, 0.1) is 12.0 Å². The molecule has 0 radical (unpaired) electrons. The second-order valence-electron chi connectivity index (χ2n) is 7.21. The van der Waals surface area contributed by atoms with E-state index in [0.29, 0.717) is 10.6 Å². The smallest absolute Gasteiger partial charge is 0.352 e. The average molecular weight is 384 g/mol. The van der Waals surface area contributed by atoms with Crippen LogP contribution in [-0.2, 0) is 29.4 Å². The molecular formula is C20H21ClF3NO. The van der Waals surface area contributed by atoms with Crippen molar-refractivity contribution in [1.82, 2.24) is 5.32 Å². The summed E-state index contributed by atoms with van der Waals surface area (Å²) in [6.07, 6.45) is -4.55. The van der Waals surface area contributed by atoms with E-state index in [1.54, 1.807) is 0 Å². The normalized spacial score (nSPS) is 12.1. The van der Waals surface area contributed by atoms with Gasteiger partial charge in [-0.05, 0) is 34.2 Å². The quantitative estimate of drug-likeness (QED) is 0.740. The summed E-state index contributed by atoms with van der Waals surface area (Å²) in [5, 5.41) is 3.25. The van der Waals surface area contributed by atoms with Crippen LogP contribution in [0.3, 0.4) is 0 Å². The van der Waals surface area contributed by atoms with Crippen molar-refractivity contribution in [2.75, 3.05) is 0 Å². The minimum Gasteiger partial charge on any atom is -0.352 e. The molecule has 2 aromatic carbocycles. The average Bonchev–Trinajstić information content (AvgIpc) is 2.52. The predicted octanol–water partition coefficient (Wildman–Crippen LogP) is 5.52. The first-order valence-electron chi connectivity index (χ1n) is 8.18. The number of hydrogen-bond acceptors (Lipinski definition) is 1. The van der Waals surface area contributed by atoms with Gasteiger partial charge < -0.3 is 5.32 Å². The fraction of sp³-hybridized carbons (Fsp3) is 0.350. The number of benzene rings is 2. The lowest BCUT2D eigenvalue weighted by Gasteiger charge is -2.20. The fourth-order valence-electron chi connectivity index (χ4n) is 2.46. The summed E-state index contributed by atoms with van der Waals surface area (Å²) in [5.74, 6) is -0.361. The van der Waals surface area contributed by atoms with Crippen LogP contribution in [0, 0.1) is 0 Å². The molecule has 0 fully saturated rings. The van der Waals surface area contributed by atoms with Gasteiger partial charge in [-0.2, -0.15) is 13.2 Å². The molecule has 1 amide bonds. The molecule has 0 aromatic heterocycles. The molecule has 0 heterocycles. The van der Waals surface area contributed by atoms with Crippen LogP contribution in [0.2, 0.25) is 5.02 Å². The van der Waals surface area contributed by atoms with Crippen molar-refractivity contribution in [3.05, 3.63) is 69.7 Å². The van der Waals surface area contributed by atoms with Gasteiger partial charge in [0, 0.05) is 11.6 Å². The summed E-state index contributed by atoms with van der Waals surface area (Å²) in [5.41, 5.74) is 1.36. The van der Waals surface area contributed by atoms with Gasteiger partial charge in [-0.15, -0.1) is 0 Å². The molecule has 0 aliphatic rings. The van der Waals surface area contributed by atoms with Crippen LogP contribution < -0.4 is 5.32 Å². The molecule has 0 saturated carbocycles. The van der Waals surface area contributed by atoms with Gasteiger partial charge in [-0.25, -0.2) is 0 Å². The first kappa shape index (κ1) is 20.3. The maximum Gasteiger partial charge on any atom is 0.416 e. The highest BCUT2D eigenvalue weighted by molar-refractivity contribution is 6.31. The molecule has 140 valence electrons. The van der Waals surface area contributed by atoms with Crippen molar-refractivity contribution in [2.45, 2.75) is 45.3 Å². The highest BCUT2D eigenvalue weighted by Crippen LogP contribution is 2.30. The SMILES string of the molecule is CC(C)(C)c1ccc(CNC(=O)Cc2cccc(C(F)(F)F)c2)c(Cl)c1. The third kappa shape index (κ3) is 5.49. The third-order valence-corrected chi connectivity index (χ3v) is 4.37. The van der Waals surface area contributed by atoms with Crippen LogP contribution in [0.5, 0.6) is 0 Å². The zero-order chi connectivity index (χ0) is 19.5. The van der Waals surface area contributed by atoms with Gasteiger partial charge in [0.15, 0.2) is 0 Å². The Morgan fingerprint density at radius 1 is 1.04 bits per heavy atom. The number of rotatable bonds is 4. The van der Waals surface area contributed by atoms with Gasteiger partial charge >= 0.3 is 6.18 Å². The molecule has 26 heavy (non-hydrogen) atoms. The Morgan fingerprint density at radius 3 is 2.31 bits per heavy atom. The van der Waals surface area contributed by atoms with Crippen molar-refractivity contribution in [2.24, 2.45) is 0 Å². The molecule has 6 heteroatoms. The molecule has 2 aromatic rings. The zero-order valence-corrected chi connectivity index (χ0v) is 15.6. The number of carbonyl (C=O) groups excluding carboxylic acids is 1. The van der Waals surface area contributed by atoms with Crippen LogP contribution >= 0.6 is 11.6 Å². The van der Waals surface area contributed by atoms with Crippen LogP contribution in [0.15, 0.2) is 42.5 Å². The first-order valence-corrected chi connectivity index (χ1v) is 8.56. The Kier molecular flexibility index (Phi) is 6.02. The Labute approximate surface area is 156 Å². The molecule has 0 aliphatic heterocycles. The van der Waals surface area contributed by atoms with Crippen LogP contribution in [-0.4, -0.2) is 5.91 Å². The number of alkyl halides is 3. The first-order chi connectivity index (χ1) is 12.0. The Hall–Kier alpha value is -2.01. The van der Waals surface area contributed by atoms with E-state index in [0.717, 1.165) is 23.3 Å². The summed E-state index contributed by atoms with van der Waals surface area (Å²) in [6.45, 7) is 6.46. The molecule has 0 bridgehead atoms. The number of hydrogen-bond donors (Lipinski definition) is 1. The highest BCUT2D eigenvalue weighted by Gasteiger charge is 2.30. The van der Waals surface area contributed by atoms with E-state index in [9.17, 15) is 18.0 Å². The predicted molar refractivity (Wildman–Crippen MR) is 97.1 cm³/mol. The maximum absolute atomic E-state index is 12.7. The van der Waals surface area contributed by atoms with Gasteiger partial charge in [-0.1, -0.05) is 62.7 Å². The largest absolute Gasteiger partial charge is 0.416 e. The van der Waals surface area contributed by atoms with Gasteiger partial charge in [-0.3, -0.25) is 4.79 Å². The summed E-state index contributed by atoms with van der Waals surface area (Å²) in [7, 11) is 0. The molecule has 0 saturated heterocycles. The molecular weight excluding hydrogens is 363 g/mol. The minimum absolute atomic E-state index is 0.0328. The van der Waals surface area contributed by atoms with E-state index in [2.05, 4.69) is 26.1 Å². The summed E-state index contributed by atoms with van der Waals surface area (Å²) < 4.78 is 38.2. The van der Waals surface area contributed by atoms with Gasteiger partial charge in [0.25, 0.3) is 0 Å². The second kappa shape index (κ2) is 7.70. The van der Waals surface area contributed by atoms with E-state index in [1.807, 2.05) is 18.2 Å². The van der Waals surface area contributed by atoms with Crippen molar-refractivity contribution in [3.63, 3.8) is 0 Å². The Balaban J connectivity index is 1.99. The summed E-state index contributed by atoms with van der Waals surface area (Å²) in [4.78, 5) is 12.0. The van der Waals surface area contributed by atoms with Crippen molar-refractivity contribution < 1.29 is 18.0 Å². The van der Waals surface area contributed by atoms with Gasteiger partial charge in [0.1, 0.15) is 0 Å². The number of carbonyl (C=O) groups is 1. The van der Waals surface area contributed by atoms with E-state index < -0.39 is 11.7 Å². The molecule has 0 spiro atoms. The van der Waals surface area contributed by atoms with E-state index in [4.69, 9.17) is 11.6 Å². The lowest BCUT2D eigenvalue weighted by molar-refractivity contribution is -0.137. The fourth-order valence-corrected chi connectivity index (χ4v) is 2.70. The number of halogens is 4. The zero-order valence-electron chi connectivity index (χ0n) is 14.9. The second-order valence-corrected chi connectivity index (χ2v) is 7.62. The van der Waals surface area contributed by atoms with E-state index in [-0.39, 0.29) is 24.3 Å². The third-order valence-electron chi connectivity index (χ3n) is 4.01. The molecule has 2 nitrogen and oxygen atoms in total. The van der Waals surface area contributed by atoms with Crippen molar-refractivity contribution in [1.29, 1.82) is 0 Å². The van der Waals surface area contributed by atoms with Crippen LogP contribution in [0.1, 0.15) is 43.0 Å². The topological polar surface area (TPSA) is 29.1 Å². The molecule has 1 N–H and O–H groups in total. The van der Waals surface area contributed by atoms with Gasteiger partial charge in [0.2, 0.25) is 5.91 Å². The molecule has 0 unspecified atom stereocenters. The summed E-state index contributed by atoms with van der Waals surface area (Å²) in [6, 6.07) is 10.5. The molecule has 2 rings (SSSR count). The molecule has 0 aliphatic carbocycles. The molecule has 0 atom stereocenters. The van der Waals surface area contributed by atoms with Crippen molar-refractivity contribution in [3.8, 4) is 0 Å². The Bertz CT molecular complexity index is 794. The lowest BCUT2D eigenvalue weighted by atomic mass is 9.86. The van der Waals surface area contributed by atoms with E-state index in [1.165, 1.54) is 12.1 Å².